The molecule has 2 aromatic rings. The molecule has 1 amide bonds. The second kappa shape index (κ2) is 9.27. The molecule has 0 radical (unpaired) electrons. The molecule has 0 aliphatic carbocycles. The van der Waals surface area contributed by atoms with Crippen molar-refractivity contribution in [3.05, 3.63) is 28.5 Å². The summed E-state index contributed by atoms with van der Waals surface area (Å²) in [4.78, 5) is 31.1. The zero-order valence-electron chi connectivity index (χ0n) is 19.8. The number of Topliss-reactive ketones (excluding diaryl/α,β-unsaturated/α-hetero) is 1. The smallest absolute Gasteiger partial charge is 0.408 e. The molecule has 0 saturated carbocycles. The Kier molecular flexibility index (Phi) is 7.22. The van der Waals surface area contributed by atoms with Crippen molar-refractivity contribution in [3.8, 4) is 0 Å². The van der Waals surface area contributed by atoms with Gasteiger partial charge >= 0.3 is 6.09 Å². The Morgan fingerprint density at radius 2 is 2.00 bits per heavy atom. The second-order valence-electron chi connectivity index (χ2n) is 10.2. The topological polar surface area (TPSA) is 84.7 Å². The SMILES string of the molecule is Cc1ccc2c(ncn2CCC(=O)[C@H]2[C@@H](O[Si](C)(C)C(C)(C)C)CCCN2C(=O)O)c1Br. The number of aromatic nitrogens is 2. The molecule has 1 fully saturated rings. The summed E-state index contributed by atoms with van der Waals surface area (Å²) in [6.45, 7) is 13.6. The summed E-state index contributed by atoms with van der Waals surface area (Å²) in [5.41, 5.74) is 2.91. The van der Waals surface area contributed by atoms with E-state index in [0.717, 1.165) is 21.1 Å². The fraction of sp³-hybridized carbons (Fsp3) is 0.609. The fourth-order valence-corrected chi connectivity index (χ4v) is 5.79. The Morgan fingerprint density at radius 3 is 2.62 bits per heavy atom. The number of nitrogens with zero attached hydrogens (tertiary/aromatic N) is 3. The largest absolute Gasteiger partial charge is 0.465 e. The van der Waals surface area contributed by atoms with Gasteiger partial charge in [0.1, 0.15) is 11.6 Å². The summed E-state index contributed by atoms with van der Waals surface area (Å²) in [5.74, 6) is -0.0937. The van der Waals surface area contributed by atoms with E-state index in [9.17, 15) is 14.7 Å². The molecule has 32 heavy (non-hydrogen) atoms. The number of piperidine rings is 1. The highest BCUT2D eigenvalue weighted by Gasteiger charge is 2.45. The number of carbonyl (C=O) groups is 2. The van der Waals surface area contributed by atoms with Crippen LogP contribution in [0.4, 0.5) is 4.79 Å². The molecule has 1 N–H and O–H groups in total. The monoisotopic (exact) mass is 523 g/mol. The minimum atomic E-state index is -2.16. The summed E-state index contributed by atoms with van der Waals surface area (Å²) in [7, 11) is -2.16. The van der Waals surface area contributed by atoms with Crippen molar-refractivity contribution in [3.63, 3.8) is 0 Å². The number of carboxylic acid groups (broad SMARTS) is 1. The molecule has 9 heteroatoms. The average molecular weight is 525 g/mol. The zero-order chi connectivity index (χ0) is 23.8. The van der Waals surface area contributed by atoms with Gasteiger partial charge in [-0.15, -0.1) is 0 Å². The number of hydrogen-bond acceptors (Lipinski definition) is 4. The minimum Gasteiger partial charge on any atom is -0.465 e. The molecule has 2 heterocycles. The number of halogens is 1. The summed E-state index contributed by atoms with van der Waals surface area (Å²) in [5, 5.41) is 9.77. The molecule has 1 aromatic heterocycles. The third-order valence-electron chi connectivity index (χ3n) is 6.93. The Morgan fingerprint density at radius 1 is 1.31 bits per heavy atom. The molecule has 0 bridgehead atoms. The van der Waals surface area contributed by atoms with E-state index in [1.807, 2.05) is 23.6 Å². The molecular formula is C23H34BrN3O4Si. The molecule has 7 nitrogen and oxygen atoms in total. The molecule has 3 rings (SSSR count). The van der Waals surface area contributed by atoms with E-state index in [4.69, 9.17) is 4.43 Å². The van der Waals surface area contributed by atoms with Gasteiger partial charge in [-0.1, -0.05) is 26.8 Å². The minimum absolute atomic E-state index is 0.0205. The predicted molar refractivity (Wildman–Crippen MR) is 132 cm³/mol. The van der Waals surface area contributed by atoms with Crippen molar-refractivity contribution >= 4 is 47.2 Å². The van der Waals surface area contributed by atoms with Crippen molar-refractivity contribution in [2.75, 3.05) is 6.54 Å². The van der Waals surface area contributed by atoms with E-state index in [0.29, 0.717) is 25.9 Å². The summed E-state index contributed by atoms with van der Waals surface area (Å²) in [6.07, 6.45) is 1.91. The van der Waals surface area contributed by atoms with Crippen LogP contribution >= 0.6 is 15.9 Å². The van der Waals surface area contributed by atoms with Crippen molar-refractivity contribution in [2.24, 2.45) is 0 Å². The highest BCUT2D eigenvalue weighted by Crippen LogP contribution is 2.39. The van der Waals surface area contributed by atoms with Gasteiger partial charge in [-0.05, 0) is 65.5 Å². The summed E-state index contributed by atoms with van der Waals surface area (Å²) in [6, 6.07) is 3.25. The van der Waals surface area contributed by atoms with Crippen LogP contribution in [0, 0.1) is 6.92 Å². The van der Waals surface area contributed by atoms with Crippen molar-refractivity contribution in [1.29, 1.82) is 0 Å². The fourth-order valence-electron chi connectivity index (χ4n) is 3.99. The Bertz CT molecular complexity index is 1010. The standard InChI is InChI=1S/C23H34BrN3O4Si/c1-15-9-10-16-20(19(15)24)25-14-26(16)13-11-17(28)21-18(8-7-12-27(21)22(29)30)31-32(5,6)23(2,3)4/h9-10,14,18,21H,7-8,11-13H2,1-6H3,(H,29,30)/t18-,21-/m0/s1. The van der Waals surface area contributed by atoms with Gasteiger partial charge in [0, 0.05) is 24.0 Å². The molecule has 176 valence electrons. The lowest BCUT2D eigenvalue weighted by Crippen LogP contribution is -2.59. The van der Waals surface area contributed by atoms with E-state index in [1.165, 1.54) is 4.90 Å². The number of rotatable bonds is 6. The average Bonchev–Trinajstić information content (AvgIpc) is 3.11. The molecular weight excluding hydrogens is 490 g/mol. The van der Waals surface area contributed by atoms with Gasteiger partial charge in [-0.3, -0.25) is 9.69 Å². The summed E-state index contributed by atoms with van der Waals surface area (Å²) >= 11 is 3.58. The third-order valence-corrected chi connectivity index (χ3v) is 12.4. The van der Waals surface area contributed by atoms with E-state index in [-0.39, 0.29) is 17.2 Å². The molecule has 0 unspecified atom stereocenters. The number of ketones is 1. The van der Waals surface area contributed by atoms with E-state index >= 15 is 0 Å². The first-order chi connectivity index (χ1) is 14.8. The molecule has 2 atom stereocenters. The van der Waals surface area contributed by atoms with Crippen LogP contribution in [0.15, 0.2) is 22.9 Å². The van der Waals surface area contributed by atoms with Gasteiger partial charge in [0.25, 0.3) is 0 Å². The highest BCUT2D eigenvalue weighted by atomic mass is 79.9. The van der Waals surface area contributed by atoms with E-state index in [2.05, 4.69) is 54.8 Å². The third kappa shape index (κ3) is 4.94. The Hall–Kier alpha value is -1.71. The second-order valence-corrected chi connectivity index (χ2v) is 15.7. The molecule has 1 aliphatic heterocycles. The molecule has 0 spiro atoms. The van der Waals surface area contributed by atoms with E-state index in [1.54, 1.807) is 6.33 Å². The predicted octanol–water partition coefficient (Wildman–Crippen LogP) is 5.60. The van der Waals surface area contributed by atoms with Crippen molar-refractivity contribution < 1.29 is 19.1 Å². The molecule has 1 aliphatic rings. The molecule has 1 aromatic carbocycles. The van der Waals surface area contributed by atoms with Gasteiger partial charge in [0.05, 0.1) is 17.9 Å². The number of carbonyl (C=O) groups excluding carboxylic acids is 1. The van der Waals surface area contributed by atoms with Gasteiger partial charge in [0.2, 0.25) is 0 Å². The van der Waals surface area contributed by atoms with Crippen molar-refractivity contribution in [2.45, 2.75) is 83.8 Å². The van der Waals surface area contributed by atoms with Crippen LogP contribution in [0.2, 0.25) is 18.1 Å². The van der Waals surface area contributed by atoms with Crippen LogP contribution in [-0.2, 0) is 15.8 Å². The maximum Gasteiger partial charge on any atom is 0.408 e. The van der Waals surface area contributed by atoms with Crippen molar-refractivity contribution in [1.82, 2.24) is 14.5 Å². The van der Waals surface area contributed by atoms with Gasteiger partial charge in [-0.25, -0.2) is 9.78 Å². The number of fused-ring (bicyclic) bond motifs is 1. The first-order valence-corrected chi connectivity index (χ1v) is 14.8. The number of likely N-dealkylation sites (tertiary alicyclic amines) is 1. The quantitative estimate of drug-likeness (QED) is 0.498. The lowest BCUT2D eigenvalue weighted by atomic mass is 9.94. The normalized spacial score (nSPS) is 20.0. The highest BCUT2D eigenvalue weighted by molar-refractivity contribution is 9.10. The van der Waals surface area contributed by atoms with Crippen LogP contribution < -0.4 is 0 Å². The summed E-state index contributed by atoms with van der Waals surface area (Å²) < 4.78 is 9.49. The Labute approximate surface area is 199 Å². The zero-order valence-corrected chi connectivity index (χ0v) is 22.4. The maximum absolute atomic E-state index is 13.4. The Balaban J connectivity index is 1.82. The number of aryl methyl sites for hydroxylation is 2. The number of benzene rings is 1. The van der Waals surface area contributed by atoms with Crippen LogP contribution in [0.25, 0.3) is 11.0 Å². The lowest BCUT2D eigenvalue weighted by molar-refractivity contribution is -0.129. The number of amides is 1. The lowest BCUT2D eigenvalue weighted by Gasteiger charge is -2.45. The van der Waals surface area contributed by atoms with Gasteiger partial charge in [0.15, 0.2) is 14.1 Å². The van der Waals surface area contributed by atoms with Crippen LogP contribution in [0.5, 0.6) is 0 Å². The molecule has 1 saturated heterocycles. The van der Waals surface area contributed by atoms with Crippen LogP contribution in [-0.4, -0.2) is 58.4 Å². The van der Waals surface area contributed by atoms with Gasteiger partial charge < -0.3 is 14.1 Å². The maximum atomic E-state index is 13.4. The number of hydrogen-bond donors (Lipinski definition) is 1. The first-order valence-electron chi connectivity index (χ1n) is 11.1. The first kappa shape index (κ1) is 24.9. The van der Waals surface area contributed by atoms with Crippen LogP contribution in [0.3, 0.4) is 0 Å². The van der Waals surface area contributed by atoms with Gasteiger partial charge in [-0.2, -0.15) is 0 Å². The number of imidazole rings is 1. The van der Waals surface area contributed by atoms with E-state index < -0.39 is 26.6 Å². The van der Waals surface area contributed by atoms with Crippen LogP contribution in [0.1, 0.15) is 45.6 Å².